The number of ether oxygens (including phenoxy) is 2. The summed E-state index contributed by atoms with van der Waals surface area (Å²) in [6.07, 6.45) is 3.46. The van der Waals surface area contributed by atoms with E-state index in [0.717, 1.165) is 11.4 Å². The predicted molar refractivity (Wildman–Crippen MR) is 124 cm³/mol. The number of carbonyl (C=O) groups excluding carboxylic acids is 2. The second-order valence-electron chi connectivity index (χ2n) is 7.65. The molecule has 0 saturated carbocycles. The van der Waals surface area contributed by atoms with Crippen molar-refractivity contribution >= 4 is 11.9 Å². The first-order chi connectivity index (χ1) is 20.0. The normalized spacial score (nSPS) is 10.4. The van der Waals surface area contributed by atoms with E-state index in [1.165, 1.54) is 6.92 Å². The van der Waals surface area contributed by atoms with Gasteiger partial charge in [0.05, 0.1) is 43.8 Å². The summed E-state index contributed by atoms with van der Waals surface area (Å²) in [7, 11) is -9.89. The van der Waals surface area contributed by atoms with Crippen LogP contribution < -0.4 is 37.3 Å². The summed E-state index contributed by atoms with van der Waals surface area (Å²) in [5.41, 5.74) is 1.73. The van der Waals surface area contributed by atoms with Gasteiger partial charge in [-0.05, 0) is 38.1 Å². The van der Waals surface area contributed by atoms with E-state index in [4.69, 9.17) is 52.0 Å². The van der Waals surface area contributed by atoms with Crippen molar-refractivity contribution in [3.05, 3.63) is 60.2 Å². The van der Waals surface area contributed by atoms with E-state index < -0.39 is 20.5 Å². The van der Waals surface area contributed by atoms with Crippen molar-refractivity contribution in [1.29, 1.82) is 5.26 Å². The number of halogens is 2. The van der Waals surface area contributed by atoms with Crippen LogP contribution in [0.3, 0.4) is 0 Å². The number of carbonyl (C=O) groups is 2. The third-order valence-electron chi connectivity index (χ3n) is 4.27. The molecular weight excluding hydrogens is 680 g/mol. The van der Waals surface area contributed by atoms with E-state index >= 15 is 0 Å². The third-order valence-corrected chi connectivity index (χ3v) is 4.27. The summed E-state index contributed by atoms with van der Waals surface area (Å²) < 4.78 is 78.2. The van der Waals surface area contributed by atoms with Crippen LogP contribution in [0.25, 0.3) is 0 Å². The van der Waals surface area contributed by atoms with Crippen molar-refractivity contribution in [3.8, 4) is 6.07 Å². The fraction of sp³-hybridized carbons (Fsp3) is 0.458. The van der Waals surface area contributed by atoms with Gasteiger partial charge < -0.3 is 9.47 Å². The maximum Gasteiger partial charge on any atom is 2.00 e. The summed E-state index contributed by atoms with van der Waals surface area (Å²) in [5, 5.41) is 7.32. The number of esters is 2. The Bertz CT molecular complexity index is 956. The largest absolute Gasteiger partial charge is 2.00 e. The Labute approximate surface area is 269 Å². The van der Waals surface area contributed by atoms with E-state index in [9.17, 15) is 9.59 Å². The summed E-state index contributed by atoms with van der Waals surface area (Å²) >= 11 is 0. The van der Waals surface area contributed by atoms with Crippen molar-refractivity contribution in [3.63, 3.8) is 0 Å². The first-order valence-electron chi connectivity index (χ1n) is 12.1. The molecule has 0 saturated heterocycles. The van der Waals surface area contributed by atoms with Gasteiger partial charge in [0.1, 0.15) is 0 Å². The van der Waals surface area contributed by atoms with Crippen LogP contribution in [0.2, 0.25) is 0 Å². The van der Waals surface area contributed by atoms with E-state index in [1.807, 2.05) is 46.2 Å². The van der Waals surface area contributed by atoms with Crippen LogP contribution in [0.4, 0.5) is 0 Å². The standard InChI is InChI=1S/C22H30N4O4.C2H3N.2ClHO4.Ni/c1-3-29-21(27)17-25(15-19-9-5-7-11-23-19)13-14-26(18-22(28)30-4-2)16-20-10-6-8-12-24-20;1-2-3;2*2-1(3,4)5;/h5-12H,3-4,13-18H2,1-2H3;1H3;2*(H,2,3,4,5);/q;;;;+2/p-2. The Balaban J connectivity index is -0.00000101. The van der Waals surface area contributed by atoms with E-state index in [0.29, 0.717) is 39.4 Å². The second-order valence-corrected chi connectivity index (χ2v) is 9.16. The molecule has 2 aromatic heterocycles. The second kappa shape index (κ2) is 26.8. The molecule has 17 nitrogen and oxygen atoms in total. The zero-order chi connectivity index (χ0) is 33.3. The number of hydrogen-bond donors (Lipinski definition) is 0. The van der Waals surface area contributed by atoms with Gasteiger partial charge >= 0.3 is 28.4 Å². The molecular formula is C24H33Cl2N5NiO12. The van der Waals surface area contributed by atoms with Crippen molar-refractivity contribution in [1.82, 2.24) is 19.8 Å². The molecule has 0 unspecified atom stereocenters. The van der Waals surface area contributed by atoms with E-state index in [1.54, 1.807) is 32.3 Å². The Morgan fingerprint density at radius 2 is 1.05 bits per heavy atom. The monoisotopic (exact) mass is 711 g/mol. The number of pyridine rings is 2. The van der Waals surface area contributed by atoms with Gasteiger partial charge in [0.2, 0.25) is 0 Å². The molecule has 0 aliphatic heterocycles. The molecule has 0 aliphatic rings. The summed E-state index contributed by atoms with van der Waals surface area (Å²) in [5.74, 6) is -0.565. The maximum atomic E-state index is 12.1. The van der Waals surface area contributed by atoms with Crippen molar-refractivity contribution in [2.45, 2.75) is 33.9 Å². The smallest absolute Gasteiger partial charge is 0.465 e. The average molecular weight is 713 g/mol. The van der Waals surface area contributed by atoms with Gasteiger partial charge in [-0.15, -0.1) is 20.5 Å². The van der Waals surface area contributed by atoms with E-state index in [2.05, 4.69) is 9.97 Å². The molecule has 2 rings (SSSR count). The van der Waals surface area contributed by atoms with E-state index in [-0.39, 0.29) is 41.5 Å². The molecule has 2 heterocycles. The number of aromatic nitrogens is 2. The quantitative estimate of drug-likeness (QED) is 0.138. The Morgan fingerprint density at radius 3 is 1.27 bits per heavy atom. The zero-order valence-corrected chi connectivity index (χ0v) is 26.5. The van der Waals surface area contributed by atoms with Gasteiger partial charge in [-0.1, -0.05) is 12.1 Å². The molecule has 2 aromatic rings. The Morgan fingerprint density at radius 1 is 0.750 bits per heavy atom. The van der Waals surface area contributed by atoms with Crippen molar-refractivity contribution in [2.75, 3.05) is 39.4 Å². The van der Waals surface area contributed by atoms with Gasteiger partial charge in [-0.2, -0.15) is 5.26 Å². The number of nitriles is 1. The zero-order valence-electron chi connectivity index (χ0n) is 24.0. The molecule has 0 aliphatic carbocycles. The Hall–Kier alpha value is -2.60. The molecule has 0 amide bonds. The van der Waals surface area contributed by atoms with Crippen LogP contribution in [-0.4, -0.2) is 71.1 Å². The van der Waals surface area contributed by atoms with Crippen LogP contribution >= 0.6 is 0 Å². The van der Waals surface area contributed by atoms with Crippen LogP contribution in [0.15, 0.2) is 48.8 Å². The van der Waals surface area contributed by atoms with Crippen LogP contribution in [-0.2, 0) is 48.6 Å². The van der Waals surface area contributed by atoms with Crippen molar-refractivity contribution in [2.24, 2.45) is 0 Å². The van der Waals surface area contributed by atoms with Gasteiger partial charge in [0, 0.05) is 45.5 Å². The minimum Gasteiger partial charge on any atom is -0.465 e. The predicted octanol–water partition coefficient (Wildman–Crippen LogP) is -7.08. The fourth-order valence-electron chi connectivity index (χ4n) is 2.93. The van der Waals surface area contributed by atoms with Crippen LogP contribution in [0.1, 0.15) is 32.2 Å². The van der Waals surface area contributed by atoms with Gasteiger partial charge in [0.25, 0.3) is 0 Å². The van der Waals surface area contributed by atoms with Gasteiger partial charge in [0.15, 0.2) is 0 Å². The summed E-state index contributed by atoms with van der Waals surface area (Å²) in [4.78, 5) is 36.8. The minimum atomic E-state index is -4.94. The molecule has 0 aromatic carbocycles. The van der Waals surface area contributed by atoms with Crippen LogP contribution in [0.5, 0.6) is 0 Å². The molecule has 20 heteroatoms. The molecule has 0 spiro atoms. The number of rotatable bonds is 13. The molecule has 0 radical (unpaired) electrons. The molecule has 0 N–H and O–H groups in total. The first-order valence-corrected chi connectivity index (χ1v) is 14.6. The van der Waals surface area contributed by atoms with Crippen LogP contribution in [0, 0.1) is 31.8 Å². The summed E-state index contributed by atoms with van der Waals surface area (Å²) in [6.45, 7) is 8.12. The number of hydrogen-bond acceptors (Lipinski definition) is 17. The summed E-state index contributed by atoms with van der Waals surface area (Å²) in [6, 6.07) is 13.1. The van der Waals surface area contributed by atoms with Gasteiger partial charge in [-0.25, -0.2) is 37.3 Å². The van der Waals surface area contributed by atoms with Crippen molar-refractivity contribution < 1.29 is 93.3 Å². The molecule has 0 fully saturated rings. The number of nitrogens with zero attached hydrogens (tertiary/aromatic N) is 5. The minimum absolute atomic E-state index is 0. The van der Waals surface area contributed by atoms with Gasteiger partial charge in [-0.3, -0.25) is 29.4 Å². The average Bonchev–Trinajstić information content (AvgIpc) is 2.87. The fourth-order valence-corrected chi connectivity index (χ4v) is 2.93. The molecule has 44 heavy (non-hydrogen) atoms. The topological polar surface area (TPSA) is 293 Å². The SMILES string of the molecule is CC#N.CCOC(=O)CN(CCN(CC(=O)OCC)Cc1ccccn1)Cc1ccccn1.[Ni+2].[O-][Cl+3]([O-])([O-])[O-].[O-][Cl+3]([O-])([O-])[O-]. The molecule has 250 valence electrons. The Kier molecular flexibility index (Phi) is 27.9. The first kappa shape index (κ1) is 45.8. The maximum absolute atomic E-state index is 12.1. The molecule has 0 bridgehead atoms. The molecule has 0 atom stereocenters. The third kappa shape index (κ3) is 35.6.